The van der Waals surface area contributed by atoms with E-state index in [0.717, 1.165) is 0 Å². The van der Waals surface area contributed by atoms with Gasteiger partial charge in [0.05, 0.1) is 24.2 Å². The molecule has 2 aromatic heterocycles. The van der Waals surface area contributed by atoms with E-state index in [1.807, 2.05) is 0 Å². The molecule has 0 spiro atoms. The van der Waals surface area contributed by atoms with Crippen molar-refractivity contribution in [3.05, 3.63) is 92.9 Å². The highest BCUT2D eigenvalue weighted by atomic mass is 19.1. The Hall–Kier alpha value is -4.61. The number of benzene rings is 2. The Morgan fingerprint density at radius 2 is 2.03 bits per heavy atom. The third kappa shape index (κ3) is 5.06. The van der Waals surface area contributed by atoms with Gasteiger partial charge in [-0.3, -0.25) is 24.3 Å². The molecule has 0 radical (unpaired) electrons. The monoisotopic (exact) mass is 466 g/mol. The lowest BCUT2D eigenvalue weighted by molar-refractivity contribution is -0.384. The van der Waals surface area contributed by atoms with Gasteiger partial charge in [0.2, 0.25) is 0 Å². The molecule has 34 heavy (non-hydrogen) atoms. The third-order valence-electron chi connectivity index (χ3n) is 4.94. The van der Waals surface area contributed by atoms with Gasteiger partial charge in [-0.2, -0.15) is 5.10 Å². The van der Waals surface area contributed by atoms with Crippen molar-refractivity contribution in [2.75, 3.05) is 13.2 Å². The van der Waals surface area contributed by atoms with E-state index < -0.39 is 16.6 Å². The first kappa shape index (κ1) is 22.6. The number of nitrogens with zero attached hydrogens (tertiary/aromatic N) is 5. The summed E-state index contributed by atoms with van der Waals surface area (Å²) < 4.78 is 21.5. The fraction of sp³-hybridized carbons (Fsp3) is 0.182. The summed E-state index contributed by atoms with van der Waals surface area (Å²) in [7, 11) is 0. The van der Waals surface area contributed by atoms with E-state index in [1.165, 1.54) is 52.1 Å². The number of nitrogens with one attached hydrogen (secondary N) is 1. The highest BCUT2D eigenvalue weighted by molar-refractivity contribution is 5.77. The largest absolute Gasteiger partial charge is 0.481 e. The quantitative estimate of drug-likeness (QED) is 0.294. The van der Waals surface area contributed by atoms with Crippen molar-refractivity contribution in [2.45, 2.75) is 13.1 Å². The maximum atomic E-state index is 13.5. The molecule has 0 saturated heterocycles. The van der Waals surface area contributed by atoms with Gasteiger partial charge in [-0.1, -0.05) is 24.3 Å². The first-order chi connectivity index (χ1) is 16.4. The Morgan fingerprint density at radius 3 is 2.82 bits per heavy atom. The van der Waals surface area contributed by atoms with Gasteiger partial charge in [-0.25, -0.2) is 14.1 Å². The summed E-state index contributed by atoms with van der Waals surface area (Å²) in [5, 5.41) is 18.0. The Morgan fingerprint density at radius 1 is 1.21 bits per heavy atom. The number of hydrogen-bond donors (Lipinski definition) is 1. The van der Waals surface area contributed by atoms with E-state index in [2.05, 4.69) is 15.4 Å². The number of para-hydroxylation sites is 1. The summed E-state index contributed by atoms with van der Waals surface area (Å²) in [6.45, 7) is 0.207. The summed E-state index contributed by atoms with van der Waals surface area (Å²) in [6.07, 6.45) is 2.74. The van der Waals surface area contributed by atoms with Crippen molar-refractivity contribution in [2.24, 2.45) is 0 Å². The lowest BCUT2D eigenvalue weighted by Crippen LogP contribution is -2.32. The van der Waals surface area contributed by atoms with E-state index >= 15 is 0 Å². The number of non-ortho nitro benzene ring substituents is 1. The Labute approximate surface area is 191 Å². The smallest absolute Gasteiger partial charge is 0.269 e. The number of carbonyl (C=O) groups excluding carboxylic acids is 1. The molecule has 0 fully saturated rings. The van der Waals surface area contributed by atoms with E-state index in [1.54, 1.807) is 18.2 Å². The number of hydrogen-bond acceptors (Lipinski definition) is 7. The minimum absolute atomic E-state index is 0.0127. The summed E-state index contributed by atoms with van der Waals surface area (Å²) in [5.41, 5.74) is 0.529. The molecule has 0 unspecified atom stereocenters. The molecule has 0 aliphatic heterocycles. The third-order valence-corrected chi connectivity index (χ3v) is 4.94. The van der Waals surface area contributed by atoms with Crippen molar-refractivity contribution in [3.63, 3.8) is 0 Å². The van der Waals surface area contributed by atoms with Crippen LogP contribution >= 0.6 is 0 Å². The zero-order valence-corrected chi connectivity index (χ0v) is 17.8. The average Bonchev–Trinajstić information content (AvgIpc) is 3.24. The van der Waals surface area contributed by atoms with Crippen LogP contribution in [0.1, 0.15) is 5.56 Å². The van der Waals surface area contributed by atoms with E-state index in [9.17, 15) is 24.1 Å². The van der Waals surface area contributed by atoms with Crippen molar-refractivity contribution in [1.82, 2.24) is 24.6 Å². The number of carbonyl (C=O) groups is 1. The zero-order chi connectivity index (χ0) is 24.1. The van der Waals surface area contributed by atoms with Crippen molar-refractivity contribution in [1.29, 1.82) is 0 Å². The van der Waals surface area contributed by atoms with Crippen LogP contribution in [0, 0.1) is 15.9 Å². The molecule has 0 aliphatic carbocycles. The zero-order valence-electron chi connectivity index (χ0n) is 17.8. The van der Waals surface area contributed by atoms with Crippen LogP contribution in [0.25, 0.3) is 11.0 Å². The molecular weight excluding hydrogens is 447 g/mol. The van der Waals surface area contributed by atoms with Crippen molar-refractivity contribution >= 4 is 22.6 Å². The van der Waals surface area contributed by atoms with E-state index in [4.69, 9.17) is 4.74 Å². The molecule has 0 aliphatic rings. The second-order valence-electron chi connectivity index (χ2n) is 7.28. The number of rotatable bonds is 9. The van der Waals surface area contributed by atoms with Gasteiger partial charge in [0.15, 0.2) is 23.8 Å². The molecule has 12 heteroatoms. The lowest BCUT2D eigenvalue weighted by atomic mass is 10.2. The number of nitro groups is 1. The Balaban J connectivity index is 1.37. The maximum Gasteiger partial charge on any atom is 0.269 e. The van der Waals surface area contributed by atoms with Gasteiger partial charge in [0.25, 0.3) is 17.2 Å². The van der Waals surface area contributed by atoms with Crippen molar-refractivity contribution < 1.29 is 18.8 Å². The molecular formula is C22H19FN6O5. The summed E-state index contributed by atoms with van der Waals surface area (Å²) in [5.74, 6) is -1.01. The van der Waals surface area contributed by atoms with E-state index in [0.29, 0.717) is 11.2 Å². The highest BCUT2D eigenvalue weighted by Crippen LogP contribution is 2.15. The van der Waals surface area contributed by atoms with Gasteiger partial charge in [-0.05, 0) is 17.7 Å². The second-order valence-corrected chi connectivity index (χ2v) is 7.28. The summed E-state index contributed by atoms with van der Waals surface area (Å²) >= 11 is 0. The molecule has 11 nitrogen and oxygen atoms in total. The molecule has 2 heterocycles. The van der Waals surface area contributed by atoms with Crippen LogP contribution in [-0.4, -0.2) is 43.3 Å². The van der Waals surface area contributed by atoms with E-state index in [-0.39, 0.29) is 48.6 Å². The fourth-order valence-electron chi connectivity index (χ4n) is 3.30. The van der Waals surface area contributed by atoms with Crippen LogP contribution in [-0.2, 0) is 17.9 Å². The summed E-state index contributed by atoms with van der Waals surface area (Å²) in [6, 6.07) is 11.8. The Bertz CT molecular complexity index is 1420. The van der Waals surface area contributed by atoms with Crippen LogP contribution < -0.4 is 15.6 Å². The topological polar surface area (TPSA) is 134 Å². The number of nitro benzene ring substituents is 1. The van der Waals surface area contributed by atoms with Crippen molar-refractivity contribution in [3.8, 4) is 5.75 Å². The lowest BCUT2D eigenvalue weighted by Gasteiger charge is -2.09. The molecule has 1 N–H and O–H groups in total. The van der Waals surface area contributed by atoms with Crippen LogP contribution in [0.15, 0.2) is 65.8 Å². The van der Waals surface area contributed by atoms with Gasteiger partial charge in [-0.15, -0.1) is 0 Å². The SMILES string of the molecule is O=C(COc1ccccc1F)NCCn1ncc2c(=O)n(Cc3cccc([N+](=O)[O-])c3)cnc21. The number of amides is 1. The number of ether oxygens (including phenoxy) is 1. The molecule has 0 atom stereocenters. The molecule has 0 saturated carbocycles. The number of aromatic nitrogens is 4. The minimum Gasteiger partial charge on any atom is -0.481 e. The second kappa shape index (κ2) is 9.90. The molecule has 2 aromatic carbocycles. The molecule has 4 aromatic rings. The fourth-order valence-corrected chi connectivity index (χ4v) is 3.30. The predicted octanol–water partition coefficient (Wildman–Crippen LogP) is 1.88. The van der Waals surface area contributed by atoms with Crippen LogP contribution in [0.4, 0.5) is 10.1 Å². The average molecular weight is 466 g/mol. The minimum atomic E-state index is -0.555. The standard InChI is InChI=1S/C22H19FN6O5/c23-18-6-1-2-7-19(18)34-13-20(30)24-8-9-28-21-17(11-26-28)22(31)27(14-25-21)12-15-4-3-5-16(10-15)29(32)33/h1-7,10-11,14H,8-9,12-13H2,(H,24,30). The summed E-state index contributed by atoms with van der Waals surface area (Å²) in [4.78, 5) is 39.5. The first-order valence-electron chi connectivity index (χ1n) is 10.2. The van der Waals surface area contributed by atoms with Gasteiger partial charge >= 0.3 is 0 Å². The normalized spacial score (nSPS) is 10.9. The van der Waals surface area contributed by atoms with Gasteiger partial charge in [0.1, 0.15) is 11.7 Å². The predicted molar refractivity (Wildman–Crippen MR) is 119 cm³/mol. The molecule has 0 bridgehead atoms. The number of halogens is 1. The van der Waals surface area contributed by atoms with Crippen LogP contribution in [0.5, 0.6) is 5.75 Å². The van der Waals surface area contributed by atoms with Crippen LogP contribution in [0.3, 0.4) is 0 Å². The maximum absolute atomic E-state index is 13.5. The highest BCUT2D eigenvalue weighted by Gasteiger charge is 2.12. The molecule has 174 valence electrons. The van der Waals surface area contributed by atoms with Gasteiger partial charge in [0, 0.05) is 18.7 Å². The van der Waals surface area contributed by atoms with Gasteiger partial charge < -0.3 is 10.1 Å². The van der Waals surface area contributed by atoms with Crippen LogP contribution in [0.2, 0.25) is 0 Å². The Kier molecular flexibility index (Phi) is 6.57. The first-order valence-corrected chi connectivity index (χ1v) is 10.2. The molecule has 1 amide bonds. The molecule has 4 rings (SSSR count). The number of fused-ring (bicyclic) bond motifs is 1.